The lowest BCUT2D eigenvalue weighted by atomic mass is 10.2. The number of benzene rings is 1. The van der Waals surface area contributed by atoms with Crippen molar-refractivity contribution in [1.82, 2.24) is 20.0 Å². The van der Waals surface area contributed by atoms with Crippen molar-refractivity contribution in [2.45, 2.75) is 13.0 Å². The van der Waals surface area contributed by atoms with Gasteiger partial charge in [0.05, 0.1) is 11.9 Å². The van der Waals surface area contributed by atoms with Crippen LogP contribution in [0.25, 0.3) is 10.9 Å². The topological polar surface area (TPSA) is 110 Å². The van der Waals surface area contributed by atoms with Gasteiger partial charge in [-0.1, -0.05) is 17.3 Å². The van der Waals surface area contributed by atoms with Crippen LogP contribution in [0.2, 0.25) is 0 Å². The highest BCUT2D eigenvalue weighted by Gasteiger charge is 2.09. The number of anilines is 1. The van der Waals surface area contributed by atoms with Gasteiger partial charge in [-0.25, -0.2) is 4.68 Å². The van der Waals surface area contributed by atoms with Gasteiger partial charge < -0.3 is 10.3 Å². The van der Waals surface area contributed by atoms with Crippen LogP contribution < -0.4 is 16.4 Å². The second-order valence-electron chi connectivity index (χ2n) is 4.85. The van der Waals surface area contributed by atoms with Crippen LogP contribution >= 0.6 is 0 Å². The van der Waals surface area contributed by atoms with Crippen LogP contribution in [0.15, 0.2) is 52.2 Å². The van der Waals surface area contributed by atoms with Crippen molar-refractivity contribution in [2.24, 2.45) is 0 Å². The number of pyridine rings is 1. The van der Waals surface area contributed by atoms with E-state index < -0.39 is 0 Å². The Kier molecular flexibility index (Phi) is 3.96. The number of aromatic amines is 1. The minimum absolute atomic E-state index is 0.00125. The standard InChI is InChI=1S/C15H13N5O3/c21-13(17-12-6-3-8-16-14(12)22)7-9-20-15(23)10-4-1-2-5-11(10)18-19-20/h1-6,8H,7,9H2,(H,16,22)(H,17,21). The van der Waals surface area contributed by atoms with E-state index in [1.165, 1.54) is 12.3 Å². The molecule has 0 saturated heterocycles. The summed E-state index contributed by atoms with van der Waals surface area (Å²) in [6.07, 6.45) is 1.48. The van der Waals surface area contributed by atoms with Crippen molar-refractivity contribution in [3.05, 3.63) is 63.3 Å². The lowest BCUT2D eigenvalue weighted by Gasteiger charge is -2.06. The molecule has 0 atom stereocenters. The zero-order valence-corrected chi connectivity index (χ0v) is 12.0. The van der Waals surface area contributed by atoms with Gasteiger partial charge in [-0.3, -0.25) is 14.4 Å². The number of hydrogen-bond acceptors (Lipinski definition) is 5. The number of nitrogens with one attached hydrogen (secondary N) is 2. The number of hydrogen-bond donors (Lipinski definition) is 2. The summed E-state index contributed by atoms with van der Waals surface area (Å²) in [6.45, 7) is 0.0766. The lowest BCUT2D eigenvalue weighted by Crippen LogP contribution is -2.27. The molecule has 0 bridgehead atoms. The molecule has 8 nitrogen and oxygen atoms in total. The highest BCUT2D eigenvalue weighted by Crippen LogP contribution is 2.04. The third-order valence-electron chi connectivity index (χ3n) is 3.27. The third-order valence-corrected chi connectivity index (χ3v) is 3.27. The number of aryl methyl sites for hydroxylation is 1. The Morgan fingerprint density at radius 3 is 2.83 bits per heavy atom. The lowest BCUT2D eigenvalue weighted by molar-refractivity contribution is -0.116. The van der Waals surface area contributed by atoms with E-state index in [-0.39, 0.29) is 35.7 Å². The third kappa shape index (κ3) is 3.15. The first kappa shape index (κ1) is 14.6. The van der Waals surface area contributed by atoms with Crippen molar-refractivity contribution >= 4 is 22.5 Å². The van der Waals surface area contributed by atoms with Gasteiger partial charge in [0.1, 0.15) is 11.2 Å². The largest absolute Gasteiger partial charge is 0.327 e. The Morgan fingerprint density at radius 1 is 1.17 bits per heavy atom. The van der Waals surface area contributed by atoms with Gasteiger partial charge in [-0.2, -0.15) is 0 Å². The van der Waals surface area contributed by atoms with E-state index in [9.17, 15) is 14.4 Å². The molecule has 1 amide bonds. The zero-order valence-electron chi connectivity index (χ0n) is 12.0. The van der Waals surface area contributed by atoms with Crippen LogP contribution in [0, 0.1) is 0 Å². The van der Waals surface area contributed by atoms with Crippen molar-refractivity contribution < 1.29 is 4.79 Å². The smallest absolute Gasteiger partial charge is 0.277 e. The Labute approximate surface area is 129 Å². The number of amides is 1. The van der Waals surface area contributed by atoms with Gasteiger partial charge in [0.2, 0.25) is 5.91 Å². The molecular formula is C15H13N5O3. The first-order chi connectivity index (χ1) is 11.1. The van der Waals surface area contributed by atoms with Crippen LogP contribution in [0.1, 0.15) is 6.42 Å². The number of aromatic nitrogens is 4. The zero-order chi connectivity index (χ0) is 16.2. The maximum atomic E-state index is 12.2. The summed E-state index contributed by atoms with van der Waals surface area (Å²) in [4.78, 5) is 38.1. The Balaban J connectivity index is 1.72. The molecule has 0 aliphatic rings. The molecule has 0 aliphatic carbocycles. The Morgan fingerprint density at radius 2 is 2.00 bits per heavy atom. The second kappa shape index (κ2) is 6.22. The SMILES string of the molecule is O=C(CCn1nnc2ccccc2c1=O)Nc1ccc[nH]c1=O. The van der Waals surface area contributed by atoms with E-state index in [1.54, 1.807) is 30.3 Å². The number of carbonyl (C=O) groups excluding carboxylic acids is 1. The first-order valence-electron chi connectivity index (χ1n) is 6.95. The molecule has 2 aromatic heterocycles. The fourth-order valence-corrected chi connectivity index (χ4v) is 2.11. The summed E-state index contributed by atoms with van der Waals surface area (Å²) >= 11 is 0. The number of rotatable bonds is 4. The van der Waals surface area contributed by atoms with E-state index in [1.807, 2.05) is 0 Å². The summed E-state index contributed by atoms with van der Waals surface area (Å²) in [5.41, 5.74) is -0.0204. The van der Waals surface area contributed by atoms with Gasteiger partial charge in [0, 0.05) is 12.6 Å². The van der Waals surface area contributed by atoms with E-state index >= 15 is 0 Å². The average molecular weight is 311 g/mol. The molecule has 3 aromatic rings. The summed E-state index contributed by atoms with van der Waals surface area (Å²) in [7, 11) is 0. The highest BCUT2D eigenvalue weighted by atomic mass is 16.2. The molecule has 1 aromatic carbocycles. The molecule has 3 rings (SSSR count). The molecule has 0 unspecified atom stereocenters. The molecule has 23 heavy (non-hydrogen) atoms. The molecule has 2 N–H and O–H groups in total. The van der Waals surface area contributed by atoms with Gasteiger partial charge in [-0.05, 0) is 24.3 Å². The summed E-state index contributed by atoms with van der Waals surface area (Å²) in [5, 5.41) is 10.7. The molecule has 116 valence electrons. The second-order valence-corrected chi connectivity index (χ2v) is 4.85. The molecule has 0 fully saturated rings. The van der Waals surface area contributed by atoms with Crippen molar-refractivity contribution in [1.29, 1.82) is 0 Å². The van der Waals surface area contributed by atoms with Crippen LogP contribution in [0.5, 0.6) is 0 Å². The monoisotopic (exact) mass is 311 g/mol. The van der Waals surface area contributed by atoms with Crippen LogP contribution in [-0.4, -0.2) is 25.9 Å². The van der Waals surface area contributed by atoms with E-state index in [0.29, 0.717) is 10.9 Å². The summed E-state index contributed by atoms with van der Waals surface area (Å²) < 4.78 is 1.14. The number of H-pyrrole nitrogens is 1. The summed E-state index contributed by atoms with van der Waals surface area (Å²) in [5.74, 6) is -0.386. The predicted octanol–water partition coefficient (Wildman–Crippen LogP) is 0.509. The van der Waals surface area contributed by atoms with Crippen molar-refractivity contribution in [3.63, 3.8) is 0 Å². The average Bonchev–Trinajstić information content (AvgIpc) is 2.57. The molecular weight excluding hydrogens is 298 g/mol. The van der Waals surface area contributed by atoms with Crippen LogP contribution in [0.3, 0.4) is 0 Å². The Bertz CT molecular complexity index is 976. The number of fused-ring (bicyclic) bond motifs is 1. The van der Waals surface area contributed by atoms with Gasteiger partial charge in [0.15, 0.2) is 0 Å². The normalized spacial score (nSPS) is 10.6. The minimum atomic E-state index is -0.386. The maximum absolute atomic E-state index is 12.2. The molecule has 0 aliphatic heterocycles. The summed E-state index contributed by atoms with van der Waals surface area (Å²) in [6, 6.07) is 9.97. The fraction of sp³-hybridized carbons (Fsp3) is 0.133. The number of nitrogens with zero attached hydrogens (tertiary/aromatic N) is 3. The Hall–Kier alpha value is -3.29. The molecule has 0 saturated carbocycles. The quantitative estimate of drug-likeness (QED) is 0.729. The molecule has 8 heteroatoms. The van der Waals surface area contributed by atoms with E-state index in [4.69, 9.17) is 0 Å². The first-order valence-corrected chi connectivity index (χ1v) is 6.95. The van der Waals surface area contributed by atoms with Crippen LogP contribution in [-0.2, 0) is 11.3 Å². The molecule has 0 radical (unpaired) electrons. The highest BCUT2D eigenvalue weighted by molar-refractivity contribution is 5.90. The van der Waals surface area contributed by atoms with E-state index in [2.05, 4.69) is 20.6 Å². The minimum Gasteiger partial charge on any atom is -0.327 e. The van der Waals surface area contributed by atoms with Gasteiger partial charge >= 0.3 is 0 Å². The van der Waals surface area contributed by atoms with Crippen molar-refractivity contribution in [3.8, 4) is 0 Å². The fourth-order valence-electron chi connectivity index (χ4n) is 2.11. The molecule has 0 spiro atoms. The number of carbonyl (C=O) groups is 1. The predicted molar refractivity (Wildman–Crippen MR) is 84.1 cm³/mol. The molecule has 2 heterocycles. The van der Waals surface area contributed by atoms with Crippen LogP contribution in [0.4, 0.5) is 5.69 Å². The van der Waals surface area contributed by atoms with Gasteiger partial charge in [0.25, 0.3) is 11.1 Å². The van der Waals surface area contributed by atoms with E-state index in [0.717, 1.165) is 4.68 Å². The van der Waals surface area contributed by atoms with Gasteiger partial charge in [-0.15, -0.1) is 5.10 Å². The maximum Gasteiger partial charge on any atom is 0.277 e. The van der Waals surface area contributed by atoms with Crippen molar-refractivity contribution in [2.75, 3.05) is 5.32 Å².